The summed E-state index contributed by atoms with van der Waals surface area (Å²) in [6, 6.07) is 6.61. The Bertz CT molecular complexity index is 662. The summed E-state index contributed by atoms with van der Waals surface area (Å²) in [6.07, 6.45) is 3.03. The van der Waals surface area contributed by atoms with Gasteiger partial charge in [-0.3, -0.25) is 0 Å². The van der Waals surface area contributed by atoms with E-state index in [0.29, 0.717) is 10.8 Å². The van der Waals surface area contributed by atoms with Crippen LogP contribution in [0.2, 0.25) is 0 Å². The molecule has 1 fully saturated rings. The predicted octanol–water partition coefficient (Wildman–Crippen LogP) is 1.48. The lowest BCUT2D eigenvalue weighted by atomic mass is 10.0. The van der Waals surface area contributed by atoms with Crippen LogP contribution in [0.3, 0.4) is 0 Å². The molecule has 1 aliphatic heterocycles. The lowest BCUT2D eigenvalue weighted by Gasteiger charge is -2.36. The van der Waals surface area contributed by atoms with Gasteiger partial charge in [0.25, 0.3) is 0 Å². The first-order chi connectivity index (χ1) is 10.9. The maximum atomic E-state index is 12.2. The summed E-state index contributed by atoms with van der Waals surface area (Å²) in [5.74, 6) is 0. The van der Waals surface area contributed by atoms with Gasteiger partial charge in [0.15, 0.2) is 5.11 Å². The first-order valence-electron chi connectivity index (χ1n) is 7.57. The van der Waals surface area contributed by atoms with Crippen molar-refractivity contribution in [3.8, 4) is 0 Å². The molecule has 1 aliphatic rings. The van der Waals surface area contributed by atoms with Crippen LogP contribution in [0, 0.1) is 0 Å². The van der Waals surface area contributed by atoms with Crippen LogP contribution < -0.4 is 5.32 Å². The van der Waals surface area contributed by atoms with Crippen LogP contribution in [-0.2, 0) is 10.0 Å². The highest BCUT2D eigenvalue weighted by molar-refractivity contribution is 7.89. The number of hydrogen-bond donors (Lipinski definition) is 2. The largest absolute Gasteiger partial charge is 0.394 e. The van der Waals surface area contributed by atoms with E-state index in [-0.39, 0.29) is 17.5 Å². The molecule has 1 saturated heterocycles. The van der Waals surface area contributed by atoms with Gasteiger partial charge in [-0.15, -0.1) is 0 Å². The number of hydrogen-bond acceptors (Lipinski definition) is 4. The van der Waals surface area contributed by atoms with Crippen LogP contribution in [0.1, 0.15) is 19.3 Å². The predicted molar refractivity (Wildman–Crippen MR) is 95.0 cm³/mol. The van der Waals surface area contributed by atoms with Crippen LogP contribution in [-0.4, -0.2) is 61.1 Å². The molecule has 2 N–H and O–H groups in total. The molecular formula is C15H23N3O3S2. The molecule has 0 unspecified atom stereocenters. The molecule has 0 saturated carbocycles. The average molecular weight is 358 g/mol. The fourth-order valence-corrected chi connectivity index (χ4v) is 3.90. The first-order valence-corrected chi connectivity index (χ1v) is 9.42. The molecule has 1 heterocycles. The lowest BCUT2D eigenvalue weighted by Crippen LogP contribution is -2.47. The summed E-state index contributed by atoms with van der Waals surface area (Å²) in [5.41, 5.74) is 0.625. The Balaban J connectivity index is 2.16. The second kappa shape index (κ2) is 7.57. The van der Waals surface area contributed by atoms with Crippen LogP contribution >= 0.6 is 12.2 Å². The number of aliphatic hydroxyl groups excluding tert-OH is 1. The van der Waals surface area contributed by atoms with E-state index in [2.05, 4.69) is 5.32 Å². The summed E-state index contributed by atoms with van der Waals surface area (Å²) >= 11 is 5.43. The van der Waals surface area contributed by atoms with Crippen molar-refractivity contribution in [2.24, 2.45) is 0 Å². The van der Waals surface area contributed by atoms with Crippen LogP contribution in [0.4, 0.5) is 5.69 Å². The molecule has 0 radical (unpaired) electrons. The topological polar surface area (TPSA) is 72.9 Å². The Hall–Kier alpha value is -1.22. The van der Waals surface area contributed by atoms with E-state index in [4.69, 9.17) is 12.2 Å². The summed E-state index contributed by atoms with van der Waals surface area (Å²) in [6.45, 7) is 0.865. The molecule has 1 atom stereocenters. The molecule has 1 aromatic carbocycles. The zero-order valence-corrected chi connectivity index (χ0v) is 15.0. The van der Waals surface area contributed by atoms with E-state index >= 15 is 0 Å². The number of nitrogens with one attached hydrogen (secondary N) is 1. The second-order valence-corrected chi connectivity index (χ2v) is 8.31. The van der Waals surface area contributed by atoms with E-state index in [9.17, 15) is 13.5 Å². The van der Waals surface area contributed by atoms with Gasteiger partial charge in [-0.2, -0.15) is 0 Å². The molecule has 8 heteroatoms. The number of likely N-dealkylation sites (tertiary alicyclic amines) is 1. The summed E-state index contributed by atoms with van der Waals surface area (Å²) in [5, 5.41) is 13.1. The number of piperidine rings is 1. The number of sulfonamides is 1. The quantitative estimate of drug-likeness (QED) is 0.796. The zero-order valence-electron chi connectivity index (χ0n) is 13.4. The Morgan fingerprint density at radius 2 is 2.17 bits per heavy atom. The first kappa shape index (κ1) is 18.1. The highest BCUT2D eigenvalue weighted by Gasteiger charge is 2.24. The number of thiocarbonyl (C=S) groups is 1. The number of nitrogens with zero attached hydrogens (tertiary/aromatic N) is 2. The number of benzene rings is 1. The molecule has 0 aliphatic carbocycles. The van der Waals surface area contributed by atoms with Crippen molar-refractivity contribution in [1.29, 1.82) is 0 Å². The molecule has 23 heavy (non-hydrogen) atoms. The molecule has 1 aromatic rings. The number of aliphatic hydroxyl groups is 1. The van der Waals surface area contributed by atoms with Crippen LogP contribution in [0.5, 0.6) is 0 Å². The van der Waals surface area contributed by atoms with Gasteiger partial charge in [0, 0.05) is 26.3 Å². The van der Waals surface area contributed by atoms with Gasteiger partial charge < -0.3 is 15.3 Å². The summed E-state index contributed by atoms with van der Waals surface area (Å²) in [7, 11) is -0.480. The van der Waals surface area contributed by atoms with E-state index in [1.165, 1.54) is 18.4 Å². The van der Waals surface area contributed by atoms with Gasteiger partial charge in [0.1, 0.15) is 0 Å². The molecule has 128 valence electrons. The van der Waals surface area contributed by atoms with Crippen molar-refractivity contribution in [2.75, 3.05) is 32.6 Å². The Morgan fingerprint density at radius 1 is 1.43 bits per heavy atom. The normalized spacial score (nSPS) is 19.0. The van der Waals surface area contributed by atoms with Gasteiger partial charge >= 0.3 is 0 Å². The molecule has 2 rings (SSSR count). The van der Waals surface area contributed by atoms with Crippen molar-refractivity contribution in [3.05, 3.63) is 24.3 Å². The summed E-state index contributed by atoms with van der Waals surface area (Å²) < 4.78 is 25.6. The minimum absolute atomic E-state index is 0.0254. The maximum Gasteiger partial charge on any atom is 0.242 e. The molecular weight excluding hydrogens is 334 g/mol. The van der Waals surface area contributed by atoms with E-state index in [1.54, 1.807) is 24.3 Å². The van der Waals surface area contributed by atoms with Gasteiger partial charge in [-0.05, 0) is 49.7 Å². The third kappa shape index (κ3) is 4.20. The molecule has 0 bridgehead atoms. The maximum absolute atomic E-state index is 12.2. The molecule has 0 amide bonds. The standard InChI is InChI=1S/C15H23N3O3S2/c1-17(2)23(20,21)14-8-5-6-12(10-14)16-15(22)18-9-4-3-7-13(18)11-19/h5-6,8,10,13,19H,3-4,7,9,11H2,1-2H3,(H,16,22)/t13-/m1/s1. The third-order valence-electron chi connectivity index (χ3n) is 3.96. The van der Waals surface area contributed by atoms with Crippen LogP contribution in [0.15, 0.2) is 29.2 Å². The molecule has 6 nitrogen and oxygen atoms in total. The summed E-state index contributed by atoms with van der Waals surface area (Å²) in [4.78, 5) is 2.19. The Kier molecular flexibility index (Phi) is 5.96. The van der Waals surface area contributed by atoms with E-state index < -0.39 is 10.0 Å². The third-order valence-corrected chi connectivity index (χ3v) is 6.11. The lowest BCUT2D eigenvalue weighted by molar-refractivity contribution is 0.149. The van der Waals surface area contributed by atoms with Gasteiger partial charge in [-0.25, -0.2) is 12.7 Å². The van der Waals surface area contributed by atoms with Gasteiger partial charge in [0.05, 0.1) is 17.5 Å². The SMILES string of the molecule is CN(C)S(=O)(=O)c1cccc(NC(=S)N2CCCC[C@@H]2CO)c1. The highest BCUT2D eigenvalue weighted by atomic mass is 32.2. The van der Waals surface area contributed by atoms with Crippen molar-refractivity contribution >= 4 is 33.0 Å². The van der Waals surface area contributed by atoms with Crippen LogP contribution in [0.25, 0.3) is 0 Å². The van der Waals surface area contributed by atoms with Gasteiger partial charge in [0.2, 0.25) is 10.0 Å². The van der Waals surface area contributed by atoms with E-state index in [0.717, 1.165) is 25.8 Å². The monoisotopic (exact) mass is 357 g/mol. The fraction of sp³-hybridized carbons (Fsp3) is 0.533. The average Bonchev–Trinajstić information content (AvgIpc) is 2.54. The molecule has 0 spiro atoms. The number of rotatable bonds is 4. The Labute approximate surface area is 143 Å². The smallest absolute Gasteiger partial charge is 0.242 e. The van der Waals surface area contributed by atoms with Crippen molar-refractivity contribution < 1.29 is 13.5 Å². The van der Waals surface area contributed by atoms with Crippen molar-refractivity contribution in [3.63, 3.8) is 0 Å². The molecule has 0 aromatic heterocycles. The van der Waals surface area contributed by atoms with Crippen molar-refractivity contribution in [1.82, 2.24) is 9.21 Å². The second-order valence-electron chi connectivity index (χ2n) is 5.77. The Morgan fingerprint density at radius 3 is 2.83 bits per heavy atom. The number of anilines is 1. The minimum Gasteiger partial charge on any atom is -0.394 e. The zero-order chi connectivity index (χ0) is 17.0. The van der Waals surface area contributed by atoms with Gasteiger partial charge in [-0.1, -0.05) is 6.07 Å². The minimum atomic E-state index is -3.48. The van der Waals surface area contributed by atoms with Crippen molar-refractivity contribution in [2.45, 2.75) is 30.2 Å². The van der Waals surface area contributed by atoms with E-state index in [1.807, 2.05) is 4.90 Å². The fourth-order valence-electron chi connectivity index (χ4n) is 2.60. The highest BCUT2D eigenvalue weighted by Crippen LogP contribution is 2.21.